The summed E-state index contributed by atoms with van der Waals surface area (Å²) in [5.41, 5.74) is 1.76. The van der Waals surface area contributed by atoms with Crippen molar-refractivity contribution in [1.82, 2.24) is 9.46 Å². The molecule has 1 saturated heterocycles. The summed E-state index contributed by atoms with van der Waals surface area (Å²) in [6.45, 7) is 0.242. The molecular weight excluding hydrogens is 373 g/mol. The average Bonchev–Trinajstić information content (AvgIpc) is 3.30. The van der Waals surface area contributed by atoms with Crippen LogP contribution in [0.3, 0.4) is 0 Å². The Balaban J connectivity index is 1.55. The van der Waals surface area contributed by atoms with E-state index in [9.17, 15) is 17.6 Å². The second-order valence-electron chi connectivity index (χ2n) is 6.86. The van der Waals surface area contributed by atoms with E-state index >= 15 is 0 Å². The molecule has 1 aliphatic carbocycles. The Labute approximate surface area is 156 Å². The van der Waals surface area contributed by atoms with Crippen molar-refractivity contribution in [3.8, 4) is 0 Å². The molecule has 0 spiro atoms. The van der Waals surface area contributed by atoms with Crippen molar-refractivity contribution in [2.24, 2.45) is 0 Å². The first-order valence-corrected chi connectivity index (χ1v) is 10.5. The van der Waals surface area contributed by atoms with Crippen LogP contribution in [0.25, 0.3) is 0 Å². The predicted molar refractivity (Wildman–Crippen MR) is 95.1 cm³/mol. The number of halogens is 1. The highest BCUT2D eigenvalue weighted by Gasteiger charge is 2.40. The smallest absolute Gasteiger partial charge is 0.245 e. The second kappa shape index (κ2) is 7.05. The van der Waals surface area contributed by atoms with Crippen molar-refractivity contribution >= 4 is 21.8 Å². The number of sulfonamides is 1. The molecule has 9 heteroatoms. The van der Waals surface area contributed by atoms with Gasteiger partial charge in [0.15, 0.2) is 0 Å². The molecular formula is C18H20FN3O4S. The molecule has 1 aliphatic heterocycles. The van der Waals surface area contributed by atoms with Gasteiger partial charge < -0.3 is 4.52 Å². The number of carbonyl (C=O) groups excluding carboxylic acids is 1. The quantitative estimate of drug-likeness (QED) is 0.862. The Morgan fingerprint density at radius 1 is 1.19 bits per heavy atom. The summed E-state index contributed by atoms with van der Waals surface area (Å²) in [6.07, 6.45) is 4.65. The summed E-state index contributed by atoms with van der Waals surface area (Å²) in [5, 5.41) is 6.72. The number of anilines is 1. The number of carbonyl (C=O) groups is 1. The summed E-state index contributed by atoms with van der Waals surface area (Å²) in [4.78, 5) is 12.7. The zero-order valence-corrected chi connectivity index (χ0v) is 15.5. The molecule has 1 atom stereocenters. The predicted octanol–water partition coefficient (Wildman–Crippen LogP) is 2.48. The lowest BCUT2D eigenvalue weighted by molar-refractivity contribution is -0.119. The van der Waals surface area contributed by atoms with Gasteiger partial charge in [0.25, 0.3) is 0 Å². The van der Waals surface area contributed by atoms with Gasteiger partial charge in [0, 0.05) is 12.1 Å². The fourth-order valence-electron chi connectivity index (χ4n) is 3.72. The van der Waals surface area contributed by atoms with Gasteiger partial charge in [-0.1, -0.05) is 5.16 Å². The highest BCUT2D eigenvalue weighted by atomic mass is 32.2. The number of aromatic nitrogens is 1. The van der Waals surface area contributed by atoms with Crippen LogP contribution in [-0.2, 0) is 27.7 Å². The molecule has 1 aromatic carbocycles. The minimum absolute atomic E-state index is 0.0272. The Morgan fingerprint density at radius 3 is 2.70 bits per heavy atom. The van der Waals surface area contributed by atoms with Gasteiger partial charge in [0.05, 0.1) is 10.6 Å². The van der Waals surface area contributed by atoms with E-state index in [1.807, 2.05) is 0 Å². The SMILES string of the molecule is O=C(Nc1onc2c1CCCC2)C1CCCN1S(=O)(=O)c1ccc(F)cc1. The number of aryl methyl sites for hydroxylation is 1. The fourth-order valence-corrected chi connectivity index (χ4v) is 5.37. The molecule has 2 aromatic rings. The number of rotatable bonds is 4. The molecule has 0 radical (unpaired) electrons. The van der Waals surface area contributed by atoms with E-state index in [0.29, 0.717) is 18.7 Å². The maximum atomic E-state index is 13.1. The Morgan fingerprint density at radius 2 is 1.93 bits per heavy atom. The van der Waals surface area contributed by atoms with Gasteiger partial charge in [-0.25, -0.2) is 12.8 Å². The second-order valence-corrected chi connectivity index (χ2v) is 8.75. The molecule has 1 N–H and O–H groups in total. The highest BCUT2D eigenvalue weighted by molar-refractivity contribution is 7.89. The van der Waals surface area contributed by atoms with E-state index in [2.05, 4.69) is 10.5 Å². The lowest BCUT2D eigenvalue weighted by atomic mass is 9.97. The minimum Gasteiger partial charge on any atom is -0.338 e. The van der Waals surface area contributed by atoms with Crippen LogP contribution < -0.4 is 5.32 Å². The Hall–Kier alpha value is -2.26. The molecule has 1 unspecified atom stereocenters. The summed E-state index contributed by atoms with van der Waals surface area (Å²) >= 11 is 0. The van der Waals surface area contributed by atoms with Crippen molar-refractivity contribution in [3.63, 3.8) is 0 Å². The first-order valence-electron chi connectivity index (χ1n) is 9.02. The fraction of sp³-hybridized carbons (Fsp3) is 0.444. The Bertz CT molecular complexity index is 955. The number of hydrogen-bond donors (Lipinski definition) is 1. The van der Waals surface area contributed by atoms with Gasteiger partial charge in [-0.15, -0.1) is 0 Å². The maximum Gasteiger partial charge on any atom is 0.245 e. The zero-order chi connectivity index (χ0) is 19.0. The third kappa shape index (κ3) is 3.37. The molecule has 2 heterocycles. The standard InChI is InChI=1S/C18H20FN3O4S/c19-12-7-9-13(10-8-12)27(24,25)22-11-3-6-16(22)17(23)20-18-14-4-1-2-5-15(14)21-26-18/h7-10,16H,1-6,11H2,(H,20,23). The van der Waals surface area contributed by atoms with Crippen molar-refractivity contribution in [3.05, 3.63) is 41.3 Å². The highest BCUT2D eigenvalue weighted by Crippen LogP contribution is 2.30. The summed E-state index contributed by atoms with van der Waals surface area (Å²) in [5.74, 6) is -0.622. The van der Waals surface area contributed by atoms with Gasteiger partial charge >= 0.3 is 0 Å². The van der Waals surface area contributed by atoms with E-state index < -0.39 is 27.8 Å². The van der Waals surface area contributed by atoms with Crippen molar-refractivity contribution in [2.75, 3.05) is 11.9 Å². The van der Waals surface area contributed by atoms with E-state index in [-0.39, 0.29) is 11.4 Å². The molecule has 27 heavy (non-hydrogen) atoms. The van der Waals surface area contributed by atoms with Gasteiger partial charge in [-0.2, -0.15) is 4.31 Å². The van der Waals surface area contributed by atoms with Crippen LogP contribution in [0.1, 0.15) is 36.9 Å². The van der Waals surface area contributed by atoms with Crippen molar-refractivity contribution < 1.29 is 22.1 Å². The van der Waals surface area contributed by atoms with Gasteiger partial charge in [0.1, 0.15) is 11.9 Å². The minimum atomic E-state index is -3.89. The molecule has 4 rings (SSSR count). The number of benzene rings is 1. The van der Waals surface area contributed by atoms with E-state index in [0.717, 1.165) is 49.1 Å². The maximum absolute atomic E-state index is 13.1. The third-order valence-electron chi connectivity index (χ3n) is 5.12. The number of nitrogens with one attached hydrogen (secondary N) is 1. The topological polar surface area (TPSA) is 92.5 Å². The molecule has 0 bridgehead atoms. The molecule has 2 aliphatic rings. The Kier molecular flexibility index (Phi) is 4.73. The van der Waals surface area contributed by atoms with Crippen LogP contribution >= 0.6 is 0 Å². The van der Waals surface area contributed by atoms with Crippen molar-refractivity contribution in [1.29, 1.82) is 0 Å². The van der Waals surface area contributed by atoms with E-state index in [1.165, 1.54) is 16.4 Å². The molecule has 144 valence electrons. The van der Waals surface area contributed by atoms with Gasteiger partial charge in [-0.05, 0) is 62.8 Å². The van der Waals surface area contributed by atoms with E-state index in [4.69, 9.17) is 4.52 Å². The van der Waals surface area contributed by atoms with Crippen LogP contribution in [-0.4, -0.2) is 36.4 Å². The third-order valence-corrected chi connectivity index (χ3v) is 7.05. The van der Waals surface area contributed by atoms with Crippen LogP contribution in [0.15, 0.2) is 33.7 Å². The first kappa shape index (κ1) is 18.1. The number of amides is 1. The molecule has 7 nitrogen and oxygen atoms in total. The monoisotopic (exact) mass is 393 g/mol. The summed E-state index contributed by atoms with van der Waals surface area (Å²) in [7, 11) is -3.89. The number of nitrogens with zero attached hydrogens (tertiary/aromatic N) is 2. The van der Waals surface area contributed by atoms with Crippen molar-refractivity contribution in [2.45, 2.75) is 49.5 Å². The van der Waals surface area contributed by atoms with Crippen LogP contribution in [0, 0.1) is 5.82 Å². The van der Waals surface area contributed by atoms with Gasteiger partial charge in [0.2, 0.25) is 21.8 Å². The molecule has 1 aromatic heterocycles. The molecule has 0 saturated carbocycles. The zero-order valence-electron chi connectivity index (χ0n) is 14.7. The first-order chi connectivity index (χ1) is 13.0. The van der Waals surface area contributed by atoms with Gasteiger partial charge in [-0.3, -0.25) is 10.1 Å². The molecule has 1 fully saturated rings. The van der Waals surface area contributed by atoms with Crippen LogP contribution in [0.2, 0.25) is 0 Å². The number of fused-ring (bicyclic) bond motifs is 1. The van der Waals surface area contributed by atoms with E-state index in [1.54, 1.807) is 0 Å². The normalized spacial score (nSPS) is 20.4. The largest absolute Gasteiger partial charge is 0.338 e. The lowest BCUT2D eigenvalue weighted by Crippen LogP contribution is -2.43. The summed E-state index contributed by atoms with van der Waals surface area (Å²) < 4.78 is 45.3. The van der Waals surface area contributed by atoms with Crippen LogP contribution in [0.5, 0.6) is 0 Å². The number of hydrogen-bond acceptors (Lipinski definition) is 5. The lowest BCUT2D eigenvalue weighted by Gasteiger charge is -2.23. The molecule has 1 amide bonds. The van der Waals surface area contributed by atoms with Crippen LogP contribution in [0.4, 0.5) is 10.3 Å². The summed E-state index contributed by atoms with van der Waals surface area (Å²) in [6, 6.07) is 3.79. The average molecular weight is 393 g/mol.